The van der Waals surface area contributed by atoms with Crippen molar-refractivity contribution >= 4 is 5.97 Å². The van der Waals surface area contributed by atoms with E-state index in [1.54, 1.807) is 12.1 Å². The Morgan fingerprint density at radius 3 is 2.00 bits per heavy atom. The Morgan fingerprint density at radius 2 is 1.68 bits per heavy atom. The van der Waals surface area contributed by atoms with Gasteiger partial charge in [-0.1, -0.05) is 0 Å². The molecule has 1 aromatic rings. The Labute approximate surface area is 112 Å². The summed E-state index contributed by atoms with van der Waals surface area (Å²) >= 11 is 0. The van der Waals surface area contributed by atoms with Crippen LogP contribution in [0.3, 0.4) is 0 Å². The van der Waals surface area contributed by atoms with E-state index in [1.165, 1.54) is 21.3 Å². The van der Waals surface area contributed by atoms with Crippen LogP contribution in [0.15, 0.2) is 12.1 Å². The van der Waals surface area contributed by atoms with E-state index < -0.39 is 11.9 Å². The zero-order valence-corrected chi connectivity index (χ0v) is 11.3. The van der Waals surface area contributed by atoms with Gasteiger partial charge in [-0.2, -0.15) is 0 Å². The number of carboxylic acids is 1. The summed E-state index contributed by atoms with van der Waals surface area (Å²) in [5, 5.41) is 9.38. The van der Waals surface area contributed by atoms with Gasteiger partial charge in [0.05, 0.1) is 27.2 Å². The molecule has 0 spiro atoms. The summed E-state index contributed by atoms with van der Waals surface area (Å²) in [6.07, 6.45) is 1.90. The van der Waals surface area contributed by atoms with Gasteiger partial charge in [-0.25, -0.2) is 0 Å². The van der Waals surface area contributed by atoms with Gasteiger partial charge in [0, 0.05) is 0 Å². The second kappa shape index (κ2) is 5.38. The van der Waals surface area contributed by atoms with Crippen LogP contribution in [-0.2, 0) is 4.79 Å². The molecule has 104 valence electrons. The minimum absolute atomic E-state index is 0.209. The predicted molar refractivity (Wildman–Crippen MR) is 69.2 cm³/mol. The Balaban J connectivity index is 2.48. The number of rotatable bonds is 6. The second-order valence-corrected chi connectivity index (χ2v) is 4.61. The Hall–Kier alpha value is -1.91. The molecule has 1 atom stereocenters. The van der Waals surface area contributed by atoms with Gasteiger partial charge < -0.3 is 19.3 Å². The van der Waals surface area contributed by atoms with Gasteiger partial charge >= 0.3 is 5.97 Å². The van der Waals surface area contributed by atoms with Crippen LogP contribution in [0, 0.1) is 5.92 Å². The second-order valence-electron chi connectivity index (χ2n) is 4.61. The zero-order chi connectivity index (χ0) is 14.0. The fraction of sp³-hybridized carbons (Fsp3) is 0.500. The van der Waals surface area contributed by atoms with E-state index >= 15 is 0 Å². The highest BCUT2D eigenvalue weighted by Crippen LogP contribution is 2.47. The number of carboxylic acid groups (broad SMARTS) is 1. The minimum Gasteiger partial charge on any atom is -0.493 e. The smallest absolute Gasteiger partial charge is 0.311 e. The third kappa shape index (κ3) is 2.59. The third-order valence-corrected chi connectivity index (χ3v) is 3.41. The van der Waals surface area contributed by atoms with Gasteiger partial charge in [0.1, 0.15) is 0 Å². The summed E-state index contributed by atoms with van der Waals surface area (Å²) in [6, 6.07) is 3.44. The lowest BCUT2D eigenvalue weighted by atomic mass is 9.93. The molecule has 1 fully saturated rings. The van der Waals surface area contributed by atoms with Crippen LogP contribution >= 0.6 is 0 Å². The van der Waals surface area contributed by atoms with Crippen LogP contribution in [0.25, 0.3) is 0 Å². The third-order valence-electron chi connectivity index (χ3n) is 3.41. The molecule has 0 aliphatic heterocycles. The fourth-order valence-corrected chi connectivity index (χ4v) is 2.33. The molecule has 0 amide bonds. The first-order chi connectivity index (χ1) is 9.12. The first kappa shape index (κ1) is 13.5. The molecule has 1 aliphatic rings. The van der Waals surface area contributed by atoms with Crippen LogP contribution in [0.5, 0.6) is 17.2 Å². The molecular weight excluding hydrogens is 248 g/mol. The minimum atomic E-state index is -0.809. The molecular formula is C14H18O5. The van der Waals surface area contributed by atoms with Gasteiger partial charge in [0.2, 0.25) is 5.75 Å². The summed E-state index contributed by atoms with van der Waals surface area (Å²) < 4.78 is 15.7. The topological polar surface area (TPSA) is 65.0 Å². The van der Waals surface area contributed by atoms with Crippen molar-refractivity contribution in [2.75, 3.05) is 21.3 Å². The summed E-state index contributed by atoms with van der Waals surface area (Å²) in [5.74, 6) is 0.354. The van der Waals surface area contributed by atoms with Gasteiger partial charge in [0.25, 0.3) is 0 Å². The van der Waals surface area contributed by atoms with Crippen molar-refractivity contribution in [3.8, 4) is 17.2 Å². The molecule has 0 bridgehead atoms. The van der Waals surface area contributed by atoms with Crippen molar-refractivity contribution in [2.24, 2.45) is 5.92 Å². The van der Waals surface area contributed by atoms with Crippen LogP contribution in [-0.4, -0.2) is 32.4 Å². The summed E-state index contributed by atoms with van der Waals surface area (Å²) in [7, 11) is 4.57. The Kier molecular flexibility index (Phi) is 3.83. The number of aliphatic carboxylic acids is 1. The van der Waals surface area contributed by atoms with Crippen molar-refractivity contribution in [1.29, 1.82) is 0 Å². The summed E-state index contributed by atoms with van der Waals surface area (Å²) in [4.78, 5) is 11.4. The van der Waals surface area contributed by atoms with Crippen LogP contribution in [0.4, 0.5) is 0 Å². The summed E-state index contributed by atoms with van der Waals surface area (Å²) in [5.41, 5.74) is 0.699. The lowest BCUT2D eigenvalue weighted by Crippen LogP contribution is -2.14. The van der Waals surface area contributed by atoms with E-state index in [2.05, 4.69) is 0 Å². The first-order valence-electron chi connectivity index (χ1n) is 6.15. The SMILES string of the molecule is COc1cc(C(C(=O)O)C2CC2)cc(OC)c1OC. The maximum absolute atomic E-state index is 11.4. The molecule has 1 unspecified atom stereocenters. The number of methoxy groups -OCH3 is 3. The lowest BCUT2D eigenvalue weighted by molar-refractivity contribution is -0.139. The van der Waals surface area contributed by atoms with Crippen molar-refractivity contribution in [3.05, 3.63) is 17.7 Å². The highest BCUT2D eigenvalue weighted by Gasteiger charge is 2.38. The van der Waals surface area contributed by atoms with Gasteiger partial charge in [0.15, 0.2) is 11.5 Å². The monoisotopic (exact) mass is 266 g/mol. The highest BCUT2D eigenvalue weighted by molar-refractivity contribution is 5.78. The van der Waals surface area contributed by atoms with Gasteiger partial charge in [-0.15, -0.1) is 0 Å². The molecule has 0 saturated heterocycles. The van der Waals surface area contributed by atoms with Crippen molar-refractivity contribution in [1.82, 2.24) is 0 Å². The van der Waals surface area contributed by atoms with Crippen molar-refractivity contribution in [3.63, 3.8) is 0 Å². The van der Waals surface area contributed by atoms with Crippen molar-refractivity contribution in [2.45, 2.75) is 18.8 Å². The molecule has 1 N–H and O–H groups in total. The van der Waals surface area contributed by atoms with Crippen LogP contribution in [0.1, 0.15) is 24.3 Å². The Morgan fingerprint density at radius 1 is 1.16 bits per heavy atom. The van der Waals surface area contributed by atoms with Crippen LogP contribution in [0.2, 0.25) is 0 Å². The maximum atomic E-state index is 11.4. The zero-order valence-electron chi connectivity index (χ0n) is 11.3. The van der Waals surface area contributed by atoms with E-state index in [0.29, 0.717) is 22.8 Å². The van der Waals surface area contributed by atoms with Gasteiger partial charge in [-0.3, -0.25) is 4.79 Å². The quantitative estimate of drug-likeness (QED) is 0.855. The molecule has 1 aliphatic carbocycles. The molecule has 1 saturated carbocycles. The average molecular weight is 266 g/mol. The van der Waals surface area contributed by atoms with Gasteiger partial charge in [-0.05, 0) is 36.5 Å². The molecule has 2 rings (SSSR count). The molecule has 0 heterocycles. The van der Waals surface area contributed by atoms with E-state index in [0.717, 1.165) is 12.8 Å². The number of hydrogen-bond donors (Lipinski definition) is 1. The standard InChI is InChI=1S/C14H18O5/c1-17-10-6-9(7-11(18-2)13(10)19-3)12(14(15)16)8-4-5-8/h6-8,12H,4-5H2,1-3H3,(H,15,16). The van der Waals surface area contributed by atoms with E-state index in [4.69, 9.17) is 14.2 Å². The molecule has 0 radical (unpaired) electrons. The average Bonchev–Trinajstić information content (AvgIpc) is 3.21. The van der Waals surface area contributed by atoms with Crippen LogP contribution < -0.4 is 14.2 Å². The molecule has 5 heteroatoms. The molecule has 1 aromatic carbocycles. The van der Waals surface area contributed by atoms with E-state index in [9.17, 15) is 9.90 Å². The Bertz CT molecular complexity index is 454. The van der Waals surface area contributed by atoms with E-state index in [-0.39, 0.29) is 5.92 Å². The molecule has 0 aromatic heterocycles. The van der Waals surface area contributed by atoms with Crippen molar-refractivity contribution < 1.29 is 24.1 Å². The maximum Gasteiger partial charge on any atom is 0.311 e. The predicted octanol–water partition coefficient (Wildman–Crippen LogP) is 2.29. The molecule has 19 heavy (non-hydrogen) atoms. The largest absolute Gasteiger partial charge is 0.493 e. The lowest BCUT2D eigenvalue weighted by Gasteiger charge is -2.17. The number of carbonyl (C=O) groups is 1. The normalized spacial score (nSPS) is 15.7. The molecule has 5 nitrogen and oxygen atoms in total. The number of ether oxygens (including phenoxy) is 3. The fourth-order valence-electron chi connectivity index (χ4n) is 2.33. The summed E-state index contributed by atoms with van der Waals surface area (Å²) in [6.45, 7) is 0. The number of hydrogen-bond acceptors (Lipinski definition) is 4. The highest BCUT2D eigenvalue weighted by atomic mass is 16.5. The van der Waals surface area contributed by atoms with E-state index in [1.807, 2.05) is 0 Å². The number of benzene rings is 1. The first-order valence-corrected chi connectivity index (χ1v) is 6.15.